The lowest BCUT2D eigenvalue weighted by Crippen LogP contribution is -2.11. The summed E-state index contributed by atoms with van der Waals surface area (Å²) in [6, 6.07) is 32.3. The van der Waals surface area contributed by atoms with Gasteiger partial charge in [0, 0.05) is 18.8 Å². The van der Waals surface area contributed by atoms with E-state index in [1.54, 1.807) is 60.7 Å². The lowest BCUT2D eigenvalue weighted by molar-refractivity contribution is 0.0747. The molecule has 0 bridgehead atoms. The maximum Gasteiger partial charge on any atom is 0.200 e. The van der Waals surface area contributed by atoms with Crippen LogP contribution in [0.3, 0.4) is 0 Å². The summed E-state index contributed by atoms with van der Waals surface area (Å²) in [5.74, 6) is -0.271. The normalized spacial score (nSPS) is 11.1. The van der Waals surface area contributed by atoms with Gasteiger partial charge in [0.05, 0.1) is 10.8 Å². The molecule has 0 saturated carbocycles. The van der Waals surface area contributed by atoms with E-state index in [0.717, 1.165) is 13.2 Å². The number of hydrogen-bond donors (Lipinski definition) is 1. The summed E-state index contributed by atoms with van der Waals surface area (Å²) in [5, 5.41) is 11.2. The molecule has 1 heterocycles. The van der Waals surface area contributed by atoms with Crippen molar-refractivity contribution in [1.82, 2.24) is 0 Å². The highest BCUT2D eigenvalue weighted by Crippen LogP contribution is 2.18. The topological polar surface area (TPSA) is 76.7 Å². The van der Waals surface area contributed by atoms with Crippen LogP contribution in [0.4, 0.5) is 0 Å². The number of benzene rings is 4. The molecule has 0 aliphatic rings. The van der Waals surface area contributed by atoms with Crippen molar-refractivity contribution in [3.05, 3.63) is 131 Å². The van der Waals surface area contributed by atoms with E-state index in [-0.39, 0.29) is 11.2 Å². The van der Waals surface area contributed by atoms with Gasteiger partial charge in [-0.15, -0.1) is 0 Å². The number of ketones is 1. The fourth-order valence-electron chi connectivity index (χ4n) is 3.50. The molecule has 5 aromatic rings. The zero-order valence-electron chi connectivity index (χ0n) is 20.5. The third-order valence-electron chi connectivity index (χ3n) is 5.31. The van der Waals surface area contributed by atoms with Gasteiger partial charge in [0.25, 0.3) is 0 Å². The molecule has 0 amide bonds. The van der Waals surface area contributed by atoms with E-state index in [0.29, 0.717) is 33.1 Å². The number of rotatable bonds is 5. The van der Waals surface area contributed by atoms with Gasteiger partial charge >= 0.3 is 0 Å². The highest BCUT2D eigenvalue weighted by molar-refractivity contribution is 5.99. The number of aliphatic hydroxyl groups is 1. The van der Waals surface area contributed by atoms with Crippen LogP contribution in [0.1, 0.15) is 35.9 Å². The number of carbonyl (C=O) groups is 1. The molecule has 1 N–H and O–H groups in total. The van der Waals surface area contributed by atoms with Crippen LogP contribution in [-0.4, -0.2) is 24.1 Å². The van der Waals surface area contributed by atoms with E-state index in [4.69, 9.17) is 9.15 Å². The standard InChI is InChI=1S/C14H12O2.C13H8O2.C4H10O/c15-13(11-7-3-1-4-8-11)14(16)12-9-5-2-6-10-12;14-13-9-5-1-3-7-11(9)15-12-8-4-2-6-10(12)13;1-3-5-4-2/h1-10,13,15H;1-8H;3-4H2,1-2H3. The lowest BCUT2D eigenvalue weighted by atomic mass is 10.0. The predicted octanol–water partition coefficient (Wildman–Crippen LogP) is 6.59. The van der Waals surface area contributed by atoms with Crippen molar-refractivity contribution in [2.75, 3.05) is 13.2 Å². The Kier molecular flexibility index (Phi) is 10.1. The highest BCUT2D eigenvalue weighted by Gasteiger charge is 2.18. The van der Waals surface area contributed by atoms with Crippen LogP contribution in [0.2, 0.25) is 0 Å². The first-order valence-electron chi connectivity index (χ1n) is 11.9. The lowest BCUT2D eigenvalue weighted by Gasteiger charge is -2.09. The molecular weight excluding hydrogens is 452 g/mol. The summed E-state index contributed by atoms with van der Waals surface area (Å²) in [6.45, 7) is 5.67. The maximum absolute atomic E-state index is 12.0. The fraction of sp³-hybridized carbons (Fsp3) is 0.161. The zero-order valence-corrected chi connectivity index (χ0v) is 20.5. The van der Waals surface area contributed by atoms with Crippen LogP contribution in [0, 0.1) is 0 Å². The zero-order chi connectivity index (χ0) is 25.8. The molecule has 0 radical (unpaired) electrons. The van der Waals surface area contributed by atoms with Crippen LogP contribution >= 0.6 is 0 Å². The number of ether oxygens (including phenoxy) is 1. The minimum Gasteiger partial charge on any atom is -0.456 e. The molecule has 0 saturated heterocycles. The van der Waals surface area contributed by atoms with E-state index in [1.165, 1.54) is 0 Å². The van der Waals surface area contributed by atoms with Gasteiger partial charge in [0.15, 0.2) is 5.78 Å². The smallest absolute Gasteiger partial charge is 0.200 e. The molecule has 4 aromatic carbocycles. The molecule has 1 unspecified atom stereocenters. The van der Waals surface area contributed by atoms with Gasteiger partial charge in [-0.1, -0.05) is 84.9 Å². The molecule has 184 valence electrons. The first-order chi connectivity index (χ1) is 17.6. The molecule has 5 nitrogen and oxygen atoms in total. The summed E-state index contributed by atoms with van der Waals surface area (Å²) < 4.78 is 10.5. The average Bonchev–Trinajstić information content (AvgIpc) is 2.94. The Morgan fingerprint density at radius 2 is 1.17 bits per heavy atom. The molecule has 0 aliphatic heterocycles. The highest BCUT2D eigenvalue weighted by atomic mass is 16.5. The maximum atomic E-state index is 12.0. The molecule has 0 fully saturated rings. The van der Waals surface area contributed by atoms with Crippen molar-refractivity contribution in [1.29, 1.82) is 0 Å². The second-order valence-corrected chi connectivity index (χ2v) is 7.75. The summed E-state index contributed by atoms with van der Waals surface area (Å²) in [7, 11) is 0. The van der Waals surface area contributed by atoms with Crippen molar-refractivity contribution in [2.24, 2.45) is 0 Å². The summed E-state index contributed by atoms with van der Waals surface area (Å²) in [6.07, 6.45) is -1.08. The van der Waals surface area contributed by atoms with Gasteiger partial charge < -0.3 is 14.3 Å². The summed E-state index contributed by atoms with van der Waals surface area (Å²) >= 11 is 0. The van der Waals surface area contributed by atoms with E-state index in [2.05, 4.69) is 0 Å². The van der Waals surface area contributed by atoms with E-state index in [1.807, 2.05) is 62.4 Å². The Hall–Kier alpha value is -4.06. The van der Waals surface area contributed by atoms with E-state index >= 15 is 0 Å². The second-order valence-electron chi connectivity index (χ2n) is 7.75. The molecule has 1 aromatic heterocycles. The molecule has 36 heavy (non-hydrogen) atoms. The average molecular weight is 483 g/mol. The first kappa shape index (κ1) is 26.5. The Morgan fingerprint density at radius 1 is 0.722 bits per heavy atom. The van der Waals surface area contributed by atoms with Crippen molar-refractivity contribution >= 4 is 27.7 Å². The van der Waals surface area contributed by atoms with Crippen molar-refractivity contribution in [2.45, 2.75) is 20.0 Å². The van der Waals surface area contributed by atoms with Crippen LogP contribution in [-0.2, 0) is 4.74 Å². The number of Topliss-reactive ketones (excluding diaryl/α,β-unsaturated/α-hetero) is 1. The minimum absolute atomic E-state index is 0.0347. The SMILES string of the molecule is CCOCC.O=C(c1ccccc1)C(O)c1ccccc1.O=c1c2ccccc2oc2ccccc12. The van der Waals surface area contributed by atoms with Gasteiger partial charge in [-0.2, -0.15) is 0 Å². The van der Waals surface area contributed by atoms with Gasteiger partial charge in [-0.3, -0.25) is 9.59 Å². The first-order valence-corrected chi connectivity index (χ1v) is 11.9. The molecule has 0 aliphatic carbocycles. The Balaban J connectivity index is 0.000000170. The predicted molar refractivity (Wildman–Crippen MR) is 144 cm³/mol. The quantitative estimate of drug-likeness (QED) is 0.226. The summed E-state index contributed by atoms with van der Waals surface area (Å²) in [4.78, 5) is 23.9. The summed E-state index contributed by atoms with van der Waals surface area (Å²) in [5.41, 5.74) is 2.46. The van der Waals surface area contributed by atoms with Gasteiger partial charge in [0.1, 0.15) is 17.3 Å². The number of carbonyl (C=O) groups excluding carboxylic acids is 1. The number of hydrogen-bond acceptors (Lipinski definition) is 5. The van der Waals surface area contributed by atoms with Crippen molar-refractivity contribution < 1.29 is 19.1 Å². The van der Waals surface area contributed by atoms with Crippen molar-refractivity contribution in [3.8, 4) is 0 Å². The third kappa shape index (κ3) is 6.98. The Morgan fingerprint density at radius 3 is 1.64 bits per heavy atom. The van der Waals surface area contributed by atoms with Crippen LogP contribution < -0.4 is 5.43 Å². The molecule has 5 heteroatoms. The van der Waals surface area contributed by atoms with Crippen LogP contribution in [0.15, 0.2) is 118 Å². The molecular formula is C31H30O5. The van der Waals surface area contributed by atoms with Gasteiger partial charge in [-0.25, -0.2) is 0 Å². The molecule has 1 atom stereocenters. The van der Waals surface area contributed by atoms with Crippen LogP contribution in [0.5, 0.6) is 0 Å². The van der Waals surface area contributed by atoms with E-state index in [9.17, 15) is 14.7 Å². The molecule has 0 spiro atoms. The van der Waals surface area contributed by atoms with Crippen LogP contribution in [0.25, 0.3) is 21.9 Å². The van der Waals surface area contributed by atoms with Gasteiger partial charge in [-0.05, 0) is 43.7 Å². The van der Waals surface area contributed by atoms with Gasteiger partial charge in [0.2, 0.25) is 5.43 Å². The minimum atomic E-state index is -1.08. The second kappa shape index (κ2) is 13.7. The van der Waals surface area contributed by atoms with E-state index < -0.39 is 6.10 Å². The van der Waals surface area contributed by atoms with Crippen molar-refractivity contribution in [3.63, 3.8) is 0 Å². The number of para-hydroxylation sites is 2. The number of aliphatic hydroxyl groups excluding tert-OH is 1. The Bertz CT molecular complexity index is 1370. The largest absolute Gasteiger partial charge is 0.456 e. The Labute approximate surface area is 210 Å². The molecule has 5 rings (SSSR count). The third-order valence-corrected chi connectivity index (χ3v) is 5.31. The number of fused-ring (bicyclic) bond motifs is 2. The monoisotopic (exact) mass is 482 g/mol. The fourth-order valence-corrected chi connectivity index (χ4v) is 3.50.